The van der Waals surface area contributed by atoms with E-state index in [1.165, 1.54) is 12.0 Å². The predicted octanol–water partition coefficient (Wildman–Crippen LogP) is 2.44. The van der Waals surface area contributed by atoms with Gasteiger partial charge in [0.2, 0.25) is 0 Å². The van der Waals surface area contributed by atoms with Crippen molar-refractivity contribution in [2.75, 3.05) is 5.32 Å². The van der Waals surface area contributed by atoms with Gasteiger partial charge in [0.25, 0.3) is 0 Å². The second-order valence-corrected chi connectivity index (χ2v) is 4.10. The number of nitrogens with zero attached hydrogens (tertiary/aromatic N) is 2. The van der Waals surface area contributed by atoms with Crippen LogP contribution in [-0.2, 0) is 0 Å². The van der Waals surface area contributed by atoms with Gasteiger partial charge in [-0.25, -0.2) is 9.97 Å². The van der Waals surface area contributed by atoms with Crippen LogP contribution in [0.5, 0.6) is 0 Å². The quantitative estimate of drug-likeness (QED) is 0.847. The lowest BCUT2D eigenvalue weighted by atomic mass is 10.1. The Morgan fingerprint density at radius 1 is 1.12 bits per heavy atom. The molecule has 1 saturated carbocycles. The van der Waals surface area contributed by atoms with Crippen LogP contribution >= 0.6 is 0 Å². The van der Waals surface area contributed by atoms with Gasteiger partial charge < -0.3 is 5.32 Å². The molecule has 0 bridgehead atoms. The summed E-state index contributed by atoms with van der Waals surface area (Å²) in [5.74, 6) is 1.55. The number of hydrogen-bond donors (Lipinski definition) is 1. The highest BCUT2D eigenvalue weighted by molar-refractivity contribution is 5.40. The molecule has 1 aliphatic rings. The highest BCUT2D eigenvalue weighted by Gasteiger charge is 2.38. The third kappa shape index (κ3) is 1.89. The Morgan fingerprint density at radius 2 is 2.00 bits per heavy atom. The summed E-state index contributed by atoms with van der Waals surface area (Å²) in [6.45, 7) is 0. The van der Waals surface area contributed by atoms with Crippen molar-refractivity contribution < 1.29 is 0 Å². The molecule has 0 radical (unpaired) electrons. The molecule has 2 unspecified atom stereocenters. The maximum atomic E-state index is 4.16. The normalized spacial score (nSPS) is 22.8. The van der Waals surface area contributed by atoms with E-state index in [4.69, 9.17) is 0 Å². The van der Waals surface area contributed by atoms with Crippen LogP contribution in [0.3, 0.4) is 0 Å². The Morgan fingerprint density at radius 3 is 2.75 bits per heavy atom. The van der Waals surface area contributed by atoms with Gasteiger partial charge in [0, 0.05) is 18.2 Å². The van der Waals surface area contributed by atoms with E-state index in [9.17, 15) is 0 Å². The fraction of sp³-hybridized carbons (Fsp3) is 0.231. The van der Waals surface area contributed by atoms with Crippen LogP contribution in [0.25, 0.3) is 0 Å². The standard InChI is InChI=1S/C13H13N3/c1-2-4-10(5-3-1)11-8-12(11)16-13-6-7-14-9-15-13/h1-7,9,11-12H,8H2,(H,14,15,16). The minimum absolute atomic E-state index is 0.525. The minimum Gasteiger partial charge on any atom is -0.367 e. The van der Waals surface area contributed by atoms with E-state index in [1.54, 1.807) is 12.5 Å². The molecule has 16 heavy (non-hydrogen) atoms. The topological polar surface area (TPSA) is 37.8 Å². The summed E-state index contributed by atoms with van der Waals surface area (Å²) in [6.07, 6.45) is 4.52. The van der Waals surface area contributed by atoms with Crippen molar-refractivity contribution in [1.29, 1.82) is 0 Å². The number of benzene rings is 1. The van der Waals surface area contributed by atoms with Gasteiger partial charge in [-0.1, -0.05) is 30.3 Å². The van der Waals surface area contributed by atoms with Crippen LogP contribution in [0.2, 0.25) is 0 Å². The van der Waals surface area contributed by atoms with Crippen molar-refractivity contribution in [3.63, 3.8) is 0 Å². The first kappa shape index (κ1) is 9.33. The van der Waals surface area contributed by atoms with Gasteiger partial charge in [-0.3, -0.25) is 0 Å². The summed E-state index contributed by atoms with van der Waals surface area (Å²) < 4.78 is 0. The highest BCUT2D eigenvalue weighted by Crippen LogP contribution is 2.42. The summed E-state index contributed by atoms with van der Waals surface area (Å²) in [5.41, 5.74) is 1.41. The third-order valence-corrected chi connectivity index (χ3v) is 2.93. The lowest BCUT2D eigenvalue weighted by molar-refractivity contribution is 1.02. The van der Waals surface area contributed by atoms with Gasteiger partial charge in [0.15, 0.2) is 0 Å². The molecule has 2 aromatic rings. The molecule has 2 atom stereocenters. The van der Waals surface area contributed by atoms with Crippen LogP contribution in [0.1, 0.15) is 17.9 Å². The predicted molar refractivity (Wildman–Crippen MR) is 63.2 cm³/mol. The second-order valence-electron chi connectivity index (χ2n) is 4.10. The first-order chi connectivity index (χ1) is 7.93. The molecule has 1 aromatic carbocycles. The van der Waals surface area contributed by atoms with Gasteiger partial charge in [-0.15, -0.1) is 0 Å². The molecule has 0 spiro atoms. The summed E-state index contributed by atoms with van der Waals surface area (Å²) in [4.78, 5) is 8.06. The molecule has 0 amide bonds. The summed E-state index contributed by atoms with van der Waals surface area (Å²) in [5, 5.41) is 3.41. The van der Waals surface area contributed by atoms with Crippen molar-refractivity contribution in [3.05, 3.63) is 54.5 Å². The molecule has 1 heterocycles. The van der Waals surface area contributed by atoms with Crippen molar-refractivity contribution in [2.24, 2.45) is 0 Å². The maximum Gasteiger partial charge on any atom is 0.129 e. The average molecular weight is 211 g/mol. The number of aromatic nitrogens is 2. The number of nitrogens with one attached hydrogen (secondary N) is 1. The SMILES string of the molecule is c1ccc(C2CC2Nc2ccncn2)cc1. The van der Waals surface area contributed by atoms with Crippen LogP contribution in [0.15, 0.2) is 48.9 Å². The number of rotatable bonds is 3. The number of anilines is 1. The highest BCUT2D eigenvalue weighted by atomic mass is 15.1. The van der Waals surface area contributed by atoms with E-state index in [1.807, 2.05) is 6.07 Å². The Kier molecular flexibility index (Phi) is 2.29. The maximum absolute atomic E-state index is 4.16. The Labute approximate surface area is 94.6 Å². The van der Waals surface area contributed by atoms with E-state index in [0.717, 1.165) is 5.82 Å². The second kappa shape index (κ2) is 3.93. The van der Waals surface area contributed by atoms with Crippen molar-refractivity contribution >= 4 is 5.82 Å². The zero-order chi connectivity index (χ0) is 10.8. The van der Waals surface area contributed by atoms with E-state index < -0.39 is 0 Å². The monoisotopic (exact) mass is 211 g/mol. The molecule has 1 aliphatic carbocycles. The van der Waals surface area contributed by atoms with Crippen LogP contribution in [0.4, 0.5) is 5.82 Å². The van der Waals surface area contributed by atoms with E-state index >= 15 is 0 Å². The zero-order valence-electron chi connectivity index (χ0n) is 8.88. The molecule has 0 saturated heterocycles. The van der Waals surface area contributed by atoms with Crippen LogP contribution < -0.4 is 5.32 Å². The first-order valence-corrected chi connectivity index (χ1v) is 5.51. The minimum atomic E-state index is 0.525. The summed E-state index contributed by atoms with van der Waals surface area (Å²) in [6, 6.07) is 13.0. The van der Waals surface area contributed by atoms with Crippen LogP contribution in [0, 0.1) is 0 Å². The van der Waals surface area contributed by atoms with Gasteiger partial charge in [0.1, 0.15) is 12.1 Å². The molecule has 80 valence electrons. The Hall–Kier alpha value is -1.90. The molecular formula is C13H13N3. The third-order valence-electron chi connectivity index (χ3n) is 2.93. The molecule has 0 aliphatic heterocycles. The van der Waals surface area contributed by atoms with Gasteiger partial charge in [-0.2, -0.15) is 0 Å². The van der Waals surface area contributed by atoms with Crippen molar-refractivity contribution in [2.45, 2.75) is 18.4 Å². The molecule has 1 fully saturated rings. The van der Waals surface area contributed by atoms with Crippen molar-refractivity contribution in [1.82, 2.24) is 9.97 Å². The zero-order valence-corrected chi connectivity index (χ0v) is 8.88. The summed E-state index contributed by atoms with van der Waals surface area (Å²) >= 11 is 0. The fourth-order valence-electron chi connectivity index (χ4n) is 1.99. The van der Waals surface area contributed by atoms with Crippen LogP contribution in [-0.4, -0.2) is 16.0 Å². The molecule has 3 heteroatoms. The molecule has 1 aromatic heterocycles. The Balaban J connectivity index is 1.65. The first-order valence-electron chi connectivity index (χ1n) is 5.51. The molecular weight excluding hydrogens is 198 g/mol. The van der Waals surface area contributed by atoms with Gasteiger partial charge in [-0.05, 0) is 18.1 Å². The summed E-state index contributed by atoms with van der Waals surface area (Å²) in [7, 11) is 0. The van der Waals surface area contributed by atoms with Gasteiger partial charge in [0.05, 0.1) is 0 Å². The smallest absolute Gasteiger partial charge is 0.129 e. The molecule has 3 rings (SSSR count). The average Bonchev–Trinajstić information content (AvgIpc) is 3.11. The fourth-order valence-corrected chi connectivity index (χ4v) is 1.99. The Bertz CT molecular complexity index is 455. The molecule has 1 N–H and O–H groups in total. The van der Waals surface area contributed by atoms with E-state index in [2.05, 4.69) is 45.6 Å². The number of hydrogen-bond acceptors (Lipinski definition) is 3. The largest absolute Gasteiger partial charge is 0.367 e. The molecule has 3 nitrogen and oxygen atoms in total. The van der Waals surface area contributed by atoms with Crippen molar-refractivity contribution in [3.8, 4) is 0 Å². The van der Waals surface area contributed by atoms with Gasteiger partial charge >= 0.3 is 0 Å². The van der Waals surface area contributed by atoms with E-state index in [0.29, 0.717) is 12.0 Å². The van der Waals surface area contributed by atoms with E-state index in [-0.39, 0.29) is 0 Å². The lowest BCUT2D eigenvalue weighted by Gasteiger charge is -2.03. The lowest BCUT2D eigenvalue weighted by Crippen LogP contribution is -2.05.